The molecule has 0 aliphatic heterocycles. The Bertz CT molecular complexity index is 625. The number of carbonyl (C=O) groups is 1. The van der Waals surface area contributed by atoms with Gasteiger partial charge in [-0.15, -0.1) is 0 Å². The maximum Gasteiger partial charge on any atom is 0.185 e. The van der Waals surface area contributed by atoms with Crippen LogP contribution < -0.4 is 0 Å². The lowest BCUT2D eigenvalue weighted by Crippen LogP contribution is -1.94. The van der Waals surface area contributed by atoms with Crippen molar-refractivity contribution in [2.75, 3.05) is 0 Å². The highest BCUT2D eigenvalue weighted by Gasteiger charge is 2.04. The first-order valence-electron chi connectivity index (χ1n) is 5.81. The van der Waals surface area contributed by atoms with Gasteiger partial charge in [-0.3, -0.25) is 4.79 Å². The van der Waals surface area contributed by atoms with Crippen molar-refractivity contribution in [2.45, 2.75) is 6.92 Å². The summed E-state index contributed by atoms with van der Waals surface area (Å²) in [6.07, 6.45) is 3.14. The summed E-state index contributed by atoms with van der Waals surface area (Å²) < 4.78 is 0. The molecule has 2 rings (SSSR count). The fourth-order valence-electron chi connectivity index (χ4n) is 1.72. The number of carbonyl (C=O) groups excluding carboxylic acids is 1. The van der Waals surface area contributed by atoms with E-state index in [-0.39, 0.29) is 5.78 Å². The first kappa shape index (κ1) is 13.9. The van der Waals surface area contributed by atoms with E-state index in [0.29, 0.717) is 21.2 Å². The van der Waals surface area contributed by atoms with Gasteiger partial charge in [0.15, 0.2) is 5.78 Å². The topological polar surface area (TPSA) is 17.1 Å². The molecule has 0 amide bonds. The van der Waals surface area contributed by atoms with Crippen molar-refractivity contribution in [2.24, 2.45) is 0 Å². The number of rotatable bonds is 3. The second-order valence-corrected chi connectivity index (χ2v) is 5.02. The van der Waals surface area contributed by atoms with E-state index in [1.807, 2.05) is 25.1 Å². The Morgan fingerprint density at radius 1 is 1.05 bits per heavy atom. The largest absolute Gasteiger partial charge is 0.289 e. The first-order valence-corrected chi connectivity index (χ1v) is 6.56. The Kier molecular flexibility index (Phi) is 4.41. The third-order valence-electron chi connectivity index (χ3n) is 2.70. The SMILES string of the molecule is Cc1cccc(C(=O)C=Cc2c(Cl)cccc2Cl)c1. The van der Waals surface area contributed by atoms with Crippen LogP contribution in [-0.2, 0) is 0 Å². The lowest BCUT2D eigenvalue weighted by atomic mass is 10.1. The monoisotopic (exact) mass is 290 g/mol. The van der Waals surface area contributed by atoms with E-state index < -0.39 is 0 Å². The molecule has 0 N–H and O–H groups in total. The van der Waals surface area contributed by atoms with E-state index in [4.69, 9.17) is 23.2 Å². The van der Waals surface area contributed by atoms with Crippen molar-refractivity contribution in [3.05, 3.63) is 75.3 Å². The van der Waals surface area contributed by atoms with Gasteiger partial charge in [0.1, 0.15) is 0 Å². The zero-order valence-corrected chi connectivity index (χ0v) is 11.9. The van der Waals surface area contributed by atoms with Gasteiger partial charge in [-0.2, -0.15) is 0 Å². The highest BCUT2D eigenvalue weighted by molar-refractivity contribution is 6.37. The van der Waals surface area contributed by atoms with Crippen LogP contribution in [0.4, 0.5) is 0 Å². The van der Waals surface area contributed by atoms with Crippen LogP contribution in [0.15, 0.2) is 48.5 Å². The molecule has 0 spiro atoms. The van der Waals surface area contributed by atoms with Crippen molar-refractivity contribution >= 4 is 35.1 Å². The molecule has 0 saturated carbocycles. The second kappa shape index (κ2) is 6.05. The minimum atomic E-state index is -0.0697. The zero-order valence-electron chi connectivity index (χ0n) is 10.4. The van der Waals surface area contributed by atoms with Gasteiger partial charge in [-0.1, -0.05) is 53.0 Å². The average Bonchev–Trinajstić information content (AvgIpc) is 2.38. The number of hydrogen-bond donors (Lipinski definition) is 0. The molecule has 2 aromatic carbocycles. The van der Waals surface area contributed by atoms with Crippen molar-refractivity contribution in [3.63, 3.8) is 0 Å². The van der Waals surface area contributed by atoms with Gasteiger partial charge in [0.2, 0.25) is 0 Å². The Morgan fingerprint density at radius 2 is 1.68 bits per heavy atom. The van der Waals surface area contributed by atoms with E-state index in [1.54, 1.807) is 30.3 Å². The molecule has 0 radical (unpaired) electrons. The van der Waals surface area contributed by atoms with Gasteiger partial charge < -0.3 is 0 Å². The molecule has 0 saturated heterocycles. The number of aryl methyl sites for hydroxylation is 1. The van der Waals surface area contributed by atoms with Crippen molar-refractivity contribution in [1.82, 2.24) is 0 Å². The van der Waals surface area contributed by atoms with Crippen LogP contribution in [0.1, 0.15) is 21.5 Å². The van der Waals surface area contributed by atoms with Crippen LogP contribution in [0.3, 0.4) is 0 Å². The maximum absolute atomic E-state index is 12.0. The molecule has 0 fully saturated rings. The highest BCUT2D eigenvalue weighted by Crippen LogP contribution is 2.25. The molecule has 0 heterocycles. The number of hydrogen-bond acceptors (Lipinski definition) is 1. The predicted octanol–water partition coefficient (Wildman–Crippen LogP) is 5.20. The Hall–Kier alpha value is -1.57. The fraction of sp³-hybridized carbons (Fsp3) is 0.0625. The molecule has 0 aliphatic carbocycles. The molecule has 0 aliphatic rings. The fourth-order valence-corrected chi connectivity index (χ4v) is 2.25. The third kappa shape index (κ3) is 3.46. The average molecular weight is 291 g/mol. The smallest absolute Gasteiger partial charge is 0.185 e. The minimum Gasteiger partial charge on any atom is -0.289 e. The number of halogens is 2. The molecule has 1 nitrogen and oxygen atoms in total. The second-order valence-electron chi connectivity index (χ2n) is 4.20. The van der Waals surface area contributed by atoms with Crippen LogP contribution in [0.25, 0.3) is 6.08 Å². The van der Waals surface area contributed by atoms with Gasteiger partial charge in [0.05, 0.1) is 0 Å². The highest BCUT2D eigenvalue weighted by atomic mass is 35.5. The molecule has 2 aromatic rings. The van der Waals surface area contributed by atoms with E-state index in [2.05, 4.69) is 0 Å². The van der Waals surface area contributed by atoms with Crippen LogP contribution in [-0.4, -0.2) is 5.78 Å². The van der Waals surface area contributed by atoms with Gasteiger partial charge in [0, 0.05) is 21.2 Å². The standard InChI is InChI=1S/C16H12Cl2O/c1-11-4-2-5-12(10-11)16(19)9-8-13-14(17)6-3-7-15(13)18/h2-10H,1H3. The maximum atomic E-state index is 12.0. The van der Waals surface area contributed by atoms with Crippen LogP contribution in [0.2, 0.25) is 10.0 Å². The summed E-state index contributed by atoms with van der Waals surface area (Å²) in [7, 11) is 0. The number of benzene rings is 2. The third-order valence-corrected chi connectivity index (χ3v) is 3.36. The van der Waals surface area contributed by atoms with E-state index in [0.717, 1.165) is 5.56 Å². The Balaban J connectivity index is 2.26. The minimum absolute atomic E-state index is 0.0697. The summed E-state index contributed by atoms with van der Waals surface area (Å²) in [4.78, 5) is 12.0. The Morgan fingerprint density at radius 3 is 2.32 bits per heavy atom. The van der Waals surface area contributed by atoms with E-state index in [1.165, 1.54) is 6.08 Å². The lowest BCUT2D eigenvalue weighted by molar-refractivity contribution is 0.104. The summed E-state index contributed by atoms with van der Waals surface area (Å²) in [5.74, 6) is -0.0697. The summed E-state index contributed by atoms with van der Waals surface area (Å²) in [5, 5.41) is 1.06. The molecule has 0 unspecified atom stereocenters. The molecule has 19 heavy (non-hydrogen) atoms. The summed E-state index contributed by atoms with van der Waals surface area (Å²) in [6.45, 7) is 1.95. The molecule has 3 heteroatoms. The van der Waals surface area contributed by atoms with E-state index in [9.17, 15) is 4.79 Å². The van der Waals surface area contributed by atoms with Gasteiger partial charge in [0.25, 0.3) is 0 Å². The quantitative estimate of drug-likeness (QED) is 0.561. The molecule has 0 bridgehead atoms. The van der Waals surface area contributed by atoms with Crippen LogP contribution in [0, 0.1) is 6.92 Å². The van der Waals surface area contributed by atoms with Gasteiger partial charge in [-0.05, 0) is 37.3 Å². The lowest BCUT2D eigenvalue weighted by Gasteiger charge is -2.01. The number of allylic oxidation sites excluding steroid dienone is 1. The van der Waals surface area contributed by atoms with Gasteiger partial charge in [-0.25, -0.2) is 0 Å². The van der Waals surface area contributed by atoms with Crippen molar-refractivity contribution in [1.29, 1.82) is 0 Å². The Labute approximate surface area is 122 Å². The molecule has 0 atom stereocenters. The van der Waals surface area contributed by atoms with E-state index >= 15 is 0 Å². The number of ketones is 1. The molecular formula is C16H12Cl2O. The summed E-state index contributed by atoms with van der Waals surface area (Å²) in [6, 6.07) is 12.7. The van der Waals surface area contributed by atoms with Gasteiger partial charge >= 0.3 is 0 Å². The molecular weight excluding hydrogens is 279 g/mol. The summed E-state index contributed by atoms with van der Waals surface area (Å²) in [5.41, 5.74) is 2.36. The van der Waals surface area contributed by atoms with Crippen molar-refractivity contribution < 1.29 is 4.79 Å². The normalized spacial score (nSPS) is 10.9. The first-order chi connectivity index (χ1) is 9.08. The van der Waals surface area contributed by atoms with Crippen molar-refractivity contribution in [3.8, 4) is 0 Å². The molecule has 0 aromatic heterocycles. The summed E-state index contributed by atoms with van der Waals surface area (Å²) >= 11 is 12.1. The molecule has 96 valence electrons. The van der Waals surface area contributed by atoms with Crippen LogP contribution in [0.5, 0.6) is 0 Å². The predicted molar refractivity (Wildman–Crippen MR) is 81.0 cm³/mol. The zero-order chi connectivity index (χ0) is 13.8. The van der Waals surface area contributed by atoms with Crippen LogP contribution >= 0.6 is 23.2 Å².